The number of nitrogens with zero attached hydrogens (tertiary/aromatic N) is 2. The summed E-state index contributed by atoms with van der Waals surface area (Å²) >= 11 is 0. The van der Waals surface area contributed by atoms with E-state index < -0.39 is 9.84 Å². The van der Waals surface area contributed by atoms with Gasteiger partial charge in [0.15, 0.2) is 9.84 Å². The molecule has 1 unspecified atom stereocenters. The highest BCUT2D eigenvalue weighted by Crippen LogP contribution is 2.25. The minimum Gasteiger partial charge on any atom is -0.377 e. The summed E-state index contributed by atoms with van der Waals surface area (Å²) in [5.74, 6) is 0. The van der Waals surface area contributed by atoms with Crippen molar-refractivity contribution in [1.29, 1.82) is 0 Å². The Morgan fingerprint density at radius 2 is 2.05 bits per heavy atom. The van der Waals surface area contributed by atoms with Crippen LogP contribution < -0.4 is 5.32 Å². The molecule has 1 atom stereocenters. The first-order valence-corrected chi connectivity index (χ1v) is 8.39. The van der Waals surface area contributed by atoms with Crippen molar-refractivity contribution in [3.8, 4) is 0 Å². The average Bonchev–Trinajstić information content (AvgIpc) is 2.87. The number of para-hydroxylation sites is 1. The van der Waals surface area contributed by atoms with Crippen LogP contribution in [0.5, 0.6) is 0 Å². The second-order valence-electron chi connectivity index (χ2n) is 4.76. The van der Waals surface area contributed by atoms with Gasteiger partial charge in [-0.3, -0.25) is 4.68 Å². The first kappa shape index (κ1) is 14.6. The third kappa shape index (κ3) is 3.19. The topological polar surface area (TPSA) is 64.0 Å². The monoisotopic (exact) mass is 293 g/mol. The Morgan fingerprint density at radius 1 is 1.35 bits per heavy atom. The van der Waals surface area contributed by atoms with Gasteiger partial charge in [0.05, 0.1) is 22.8 Å². The van der Waals surface area contributed by atoms with E-state index in [0.29, 0.717) is 10.6 Å². The smallest absolute Gasteiger partial charge is 0.177 e. The van der Waals surface area contributed by atoms with E-state index in [4.69, 9.17) is 0 Å². The number of nitrogens with one attached hydrogen (secondary N) is 1. The molecule has 0 aliphatic carbocycles. The van der Waals surface area contributed by atoms with Crippen molar-refractivity contribution in [2.24, 2.45) is 0 Å². The Labute approximate surface area is 119 Å². The van der Waals surface area contributed by atoms with Crippen LogP contribution in [-0.2, 0) is 16.4 Å². The van der Waals surface area contributed by atoms with E-state index in [0.717, 1.165) is 12.1 Å². The highest BCUT2D eigenvalue weighted by atomic mass is 32.2. The quantitative estimate of drug-likeness (QED) is 0.920. The van der Waals surface area contributed by atoms with E-state index in [1.54, 1.807) is 24.4 Å². The number of aryl methyl sites for hydroxylation is 1. The summed E-state index contributed by atoms with van der Waals surface area (Å²) < 4.78 is 25.4. The summed E-state index contributed by atoms with van der Waals surface area (Å²) in [6, 6.07) is 6.91. The van der Waals surface area contributed by atoms with Gasteiger partial charge in [-0.2, -0.15) is 5.10 Å². The van der Waals surface area contributed by atoms with Gasteiger partial charge in [-0.15, -0.1) is 0 Å². The largest absolute Gasteiger partial charge is 0.377 e. The van der Waals surface area contributed by atoms with Crippen molar-refractivity contribution in [2.75, 3.05) is 11.6 Å². The Bertz CT molecular complexity index is 692. The summed E-state index contributed by atoms with van der Waals surface area (Å²) in [6.07, 6.45) is 4.97. The number of anilines is 1. The van der Waals surface area contributed by atoms with Crippen LogP contribution >= 0.6 is 0 Å². The first-order chi connectivity index (χ1) is 9.41. The lowest BCUT2D eigenvalue weighted by atomic mass is 10.2. The van der Waals surface area contributed by atoms with Crippen LogP contribution in [0.4, 0.5) is 5.69 Å². The van der Waals surface area contributed by atoms with E-state index in [1.807, 2.05) is 30.8 Å². The van der Waals surface area contributed by atoms with Gasteiger partial charge in [0, 0.05) is 24.6 Å². The Morgan fingerprint density at radius 3 is 2.65 bits per heavy atom. The van der Waals surface area contributed by atoms with E-state index in [9.17, 15) is 8.42 Å². The summed E-state index contributed by atoms with van der Waals surface area (Å²) in [4.78, 5) is 0.315. The van der Waals surface area contributed by atoms with Crippen LogP contribution in [0.15, 0.2) is 41.6 Å². The normalized spacial score (nSPS) is 13.2. The van der Waals surface area contributed by atoms with Gasteiger partial charge >= 0.3 is 0 Å². The SMILES string of the molecule is CCn1cc(C(C)Nc2ccccc2S(C)(=O)=O)cn1. The molecule has 0 saturated heterocycles. The van der Waals surface area contributed by atoms with Crippen LogP contribution in [0.3, 0.4) is 0 Å². The maximum atomic E-state index is 11.8. The molecule has 0 bridgehead atoms. The molecule has 20 heavy (non-hydrogen) atoms. The highest BCUT2D eigenvalue weighted by molar-refractivity contribution is 7.90. The number of hydrogen-bond donors (Lipinski definition) is 1. The van der Waals surface area contributed by atoms with Gasteiger partial charge in [0.25, 0.3) is 0 Å². The molecular formula is C14H19N3O2S. The number of rotatable bonds is 5. The lowest BCUT2D eigenvalue weighted by Gasteiger charge is -2.16. The molecule has 0 amide bonds. The standard InChI is InChI=1S/C14H19N3O2S/c1-4-17-10-12(9-15-17)11(2)16-13-7-5-6-8-14(13)20(3,18)19/h5-11,16H,4H2,1-3H3. The van der Waals surface area contributed by atoms with E-state index >= 15 is 0 Å². The zero-order valence-electron chi connectivity index (χ0n) is 11.9. The number of sulfone groups is 1. The minimum atomic E-state index is -3.24. The molecule has 0 aliphatic heterocycles. The fraction of sp³-hybridized carbons (Fsp3) is 0.357. The predicted molar refractivity (Wildman–Crippen MR) is 79.5 cm³/mol. The Balaban J connectivity index is 2.26. The fourth-order valence-electron chi connectivity index (χ4n) is 2.00. The molecule has 0 saturated carbocycles. The zero-order chi connectivity index (χ0) is 14.8. The van der Waals surface area contributed by atoms with Crippen LogP contribution in [0.2, 0.25) is 0 Å². The summed E-state index contributed by atoms with van der Waals surface area (Å²) in [5, 5.41) is 7.47. The Kier molecular flexibility index (Phi) is 4.13. The summed E-state index contributed by atoms with van der Waals surface area (Å²) in [7, 11) is -3.24. The summed E-state index contributed by atoms with van der Waals surface area (Å²) in [5.41, 5.74) is 1.64. The molecule has 0 spiro atoms. The van der Waals surface area contributed by atoms with E-state index in [-0.39, 0.29) is 6.04 Å². The molecule has 6 heteroatoms. The highest BCUT2D eigenvalue weighted by Gasteiger charge is 2.15. The molecule has 0 fully saturated rings. The molecule has 1 N–H and O–H groups in total. The molecule has 1 heterocycles. The van der Waals surface area contributed by atoms with Gasteiger partial charge < -0.3 is 5.32 Å². The number of aromatic nitrogens is 2. The number of benzene rings is 1. The van der Waals surface area contributed by atoms with Crippen molar-refractivity contribution in [1.82, 2.24) is 9.78 Å². The van der Waals surface area contributed by atoms with Gasteiger partial charge in [0.2, 0.25) is 0 Å². The van der Waals surface area contributed by atoms with E-state index in [1.165, 1.54) is 6.26 Å². The van der Waals surface area contributed by atoms with Crippen LogP contribution in [0, 0.1) is 0 Å². The van der Waals surface area contributed by atoms with Crippen LogP contribution in [0.1, 0.15) is 25.5 Å². The molecule has 0 aliphatic rings. The van der Waals surface area contributed by atoms with Gasteiger partial charge in [0.1, 0.15) is 0 Å². The summed E-state index contributed by atoms with van der Waals surface area (Å²) in [6.45, 7) is 4.82. The van der Waals surface area contributed by atoms with Crippen LogP contribution in [-0.4, -0.2) is 24.5 Å². The molecule has 1 aromatic carbocycles. The molecule has 0 radical (unpaired) electrons. The lowest BCUT2D eigenvalue weighted by Crippen LogP contribution is -2.10. The molecule has 108 valence electrons. The van der Waals surface area contributed by atoms with Crippen molar-refractivity contribution in [3.05, 3.63) is 42.2 Å². The average molecular weight is 293 g/mol. The third-order valence-electron chi connectivity index (χ3n) is 3.14. The van der Waals surface area contributed by atoms with Crippen molar-refractivity contribution in [2.45, 2.75) is 31.3 Å². The second kappa shape index (κ2) is 5.66. The predicted octanol–water partition coefficient (Wildman–Crippen LogP) is 2.48. The molecule has 1 aromatic heterocycles. The molecule has 5 nitrogen and oxygen atoms in total. The molecular weight excluding hydrogens is 274 g/mol. The zero-order valence-corrected chi connectivity index (χ0v) is 12.7. The van der Waals surface area contributed by atoms with Gasteiger partial charge in [-0.25, -0.2) is 8.42 Å². The first-order valence-electron chi connectivity index (χ1n) is 6.49. The molecule has 2 aromatic rings. The molecule has 2 rings (SSSR count). The maximum absolute atomic E-state index is 11.8. The van der Waals surface area contributed by atoms with Crippen molar-refractivity contribution >= 4 is 15.5 Å². The second-order valence-corrected chi connectivity index (χ2v) is 6.75. The van der Waals surface area contributed by atoms with Crippen LogP contribution in [0.25, 0.3) is 0 Å². The Hall–Kier alpha value is -1.82. The number of hydrogen-bond acceptors (Lipinski definition) is 4. The van der Waals surface area contributed by atoms with Gasteiger partial charge in [-0.1, -0.05) is 12.1 Å². The van der Waals surface area contributed by atoms with Crippen molar-refractivity contribution in [3.63, 3.8) is 0 Å². The van der Waals surface area contributed by atoms with Gasteiger partial charge in [-0.05, 0) is 26.0 Å². The lowest BCUT2D eigenvalue weighted by molar-refractivity contribution is 0.602. The van der Waals surface area contributed by atoms with E-state index in [2.05, 4.69) is 10.4 Å². The van der Waals surface area contributed by atoms with Crippen molar-refractivity contribution < 1.29 is 8.42 Å². The third-order valence-corrected chi connectivity index (χ3v) is 4.29. The fourth-order valence-corrected chi connectivity index (χ4v) is 2.85. The minimum absolute atomic E-state index is 0.0156. The maximum Gasteiger partial charge on any atom is 0.177 e.